The van der Waals surface area contributed by atoms with Crippen molar-refractivity contribution in [3.05, 3.63) is 59.0 Å². The van der Waals surface area contributed by atoms with E-state index in [1.807, 2.05) is 18.2 Å². The Labute approximate surface area is 142 Å². The Hall–Kier alpha value is -2.86. The number of benzene rings is 2. The van der Waals surface area contributed by atoms with Crippen molar-refractivity contribution in [2.75, 3.05) is 14.2 Å². The molecule has 0 aliphatic rings. The predicted octanol–water partition coefficient (Wildman–Crippen LogP) is 3.49. The van der Waals surface area contributed by atoms with Crippen LogP contribution in [-0.4, -0.2) is 26.0 Å². The molecule has 0 fully saturated rings. The van der Waals surface area contributed by atoms with E-state index in [-0.39, 0.29) is 0 Å². The third-order valence-corrected chi connectivity index (χ3v) is 4.62. The molecule has 0 aliphatic heterocycles. The molecular weight excluding hydrogens is 326 g/mol. The quantitative estimate of drug-likeness (QED) is 0.738. The molecule has 3 rings (SSSR count). The molecule has 0 saturated heterocycles. The summed E-state index contributed by atoms with van der Waals surface area (Å²) in [5, 5.41) is 3.30. The Morgan fingerprint density at radius 1 is 0.917 bits per heavy atom. The van der Waals surface area contributed by atoms with Gasteiger partial charge in [0.2, 0.25) is 0 Å². The smallest absolute Gasteiger partial charge is 0.268 e. The number of hydrogen-bond donors (Lipinski definition) is 1. The van der Waals surface area contributed by atoms with E-state index in [0.717, 1.165) is 15.8 Å². The molecule has 24 heavy (non-hydrogen) atoms. The second-order valence-electron chi connectivity index (χ2n) is 5.03. The van der Waals surface area contributed by atoms with Crippen molar-refractivity contribution in [3.63, 3.8) is 0 Å². The molecule has 5 nitrogen and oxygen atoms in total. The van der Waals surface area contributed by atoms with Crippen molar-refractivity contribution in [2.24, 2.45) is 0 Å². The monoisotopic (exact) mass is 341 g/mol. The lowest BCUT2D eigenvalue weighted by Crippen LogP contribution is -2.29. The Kier molecular flexibility index (Phi) is 4.48. The van der Waals surface area contributed by atoms with Crippen LogP contribution in [0.2, 0.25) is 0 Å². The molecule has 0 bridgehead atoms. The lowest BCUT2D eigenvalue weighted by molar-refractivity contribution is 0.0851. The van der Waals surface area contributed by atoms with Crippen LogP contribution in [0.4, 0.5) is 0 Å². The fraction of sp³-hybridized carbons (Fsp3) is 0.111. The van der Waals surface area contributed by atoms with Crippen LogP contribution < -0.4 is 14.8 Å². The molecule has 1 N–H and O–H groups in total. The molecule has 2 aromatic carbocycles. The van der Waals surface area contributed by atoms with Gasteiger partial charge in [-0.15, -0.1) is 11.3 Å². The minimum Gasteiger partial charge on any atom is -0.497 e. The largest absolute Gasteiger partial charge is 0.497 e. The van der Waals surface area contributed by atoms with Gasteiger partial charge in [-0.1, -0.05) is 6.07 Å². The normalized spacial score (nSPS) is 10.4. The summed E-state index contributed by atoms with van der Waals surface area (Å²) in [6, 6.07) is 14.0. The van der Waals surface area contributed by atoms with Crippen molar-refractivity contribution in [2.45, 2.75) is 0 Å². The highest BCUT2D eigenvalue weighted by Crippen LogP contribution is 2.29. The zero-order valence-electron chi connectivity index (χ0n) is 13.2. The average Bonchev–Trinajstić information content (AvgIpc) is 3.04. The van der Waals surface area contributed by atoms with E-state index in [0.29, 0.717) is 16.2 Å². The Morgan fingerprint density at radius 3 is 2.42 bits per heavy atom. The van der Waals surface area contributed by atoms with Crippen LogP contribution in [0.15, 0.2) is 48.5 Å². The van der Waals surface area contributed by atoms with Crippen molar-refractivity contribution in [1.29, 1.82) is 0 Å². The summed E-state index contributed by atoms with van der Waals surface area (Å²) in [4.78, 5) is 25.0. The Morgan fingerprint density at radius 2 is 1.67 bits per heavy atom. The van der Waals surface area contributed by atoms with Crippen molar-refractivity contribution >= 4 is 33.2 Å². The van der Waals surface area contributed by atoms with E-state index in [1.165, 1.54) is 18.4 Å². The molecule has 6 heteroatoms. The van der Waals surface area contributed by atoms with Crippen LogP contribution in [0.1, 0.15) is 20.0 Å². The van der Waals surface area contributed by atoms with Crippen LogP contribution in [0.25, 0.3) is 10.1 Å². The molecule has 0 aliphatic carbocycles. The highest BCUT2D eigenvalue weighted by atomic mass is 32.1. The van der Waals surface area contributed by atoms with Crippen molar-refractivity contribution in [1.82, 2.24) is 5.32 Å². The summed E-state index contributed by atoms with van der Waals surface area (Å²) in [6.45, 7) is 0. The SMILES string of the molecule is COc1cccc(C(=O)NC(=O)c2cc3cc(OC)ccc3s2)c1. The van der Waals surface area contributed by atoms with Gasteiger partial charge in [0.15, 0.2) is 0 Å². The number of carbonyl (C=O) groups excluding carboxylic acids is 2. The van der Waals surface area contributed by atoms with E-state index in [4.69, 9.17) is 9.47 Å². The van der Waals surface area contributed by atoms with Gasteiger partial charge < -0.3 is 9.47 Å². The van der Waals surface area contributed by atoms with Gasteiger partial charge in [0.25, 0.3) is 11.8 Å². The molecule has 0 spiro atoms. The molecule has 3 aromatic rings. The van der Waals surface area contributed by atoms with Gasteiger partial charge in [-0.2, -0.15) is 0 Å². The molecule has 0 saturated carbocycles. The van der Waals surface area contributed by atoms with Gasteiger partial charge in [-0.05, 0) is 47.9 Å². The fourth-order valence-corrected chi connectivity index (χ4v) is 3.20. The number of nitrogens with one attached hydrogen (secondary N) is 1. The summed E-state index contributed by atoms with van der Waals surface area (Å²) >= 11 is 1.32. The first-order chi connectivity index (χ1) is 11.6. The number of carbonyl (C=O) groups is 2. The van der Waals surface area contributed by atoms with Crippen LogP contribution in [0, 0.1) is 0 Å². The van der Waals surface area contributed by atoms with Crippen LogP contribution >= 0.6 is 11.3 Å². The number of fused-ring (bicyclic) bond motifs is 1. The number of rotatable bonds is 4. The van der Waals surface area contributed by atoms with Gasteiger partial charge in [-0.3, -0.25) is 14.9 Å². The standard InChI is InChI=1S/C18H15NO4S/c1-22-13-5-3-4-11(8-13)17(20)19-18(21)16-10-12-9-14(23-2)6-7-15(12)24-16/h3-10H,1-2H3,(H,19,20,21). The maximum atomic E-state index is 12.3. The zero-order valence-corrected chi connectivity index (χ0v) is 14.0. The highest BCUT2D eigenvalue weighted by molar-refractivity contribution is 7.20. The number of hydrogen-bond acceptors (Lipinski definition) is 5. The molecule has 1 heterocycles. The number of thiophene rings is 1. The maximum absolute atomic E-state index is 12.3. The fourth-order valence-electron chi connectivity index (χ4n) is 2.26. The van der Waals surface area contributed by atoms with E-state index in [1.54, 1.807) is 37.4 Å². The average molecular weight is 341 g/mol. The summed E-state index contributed by atoms with van der Waals surface area (Å²) in [5.41, 5.74) is 0.366. The summed E-state index contributed by atoms with van der Waals surface area (Å²) in [5.74, 6) is 0.390. The highest BCUT2D eigenvalue weighted by Gasteiger charge is 2.15. The van der Waals surface area contributed by atoms with Crippen molar-refractivity contribution < 1.29 is 19.1 Å². The third kappa shape index (κ3) is 3.23. The Balaban J connectivity index is 1.80. The lowest BCUT2D eigenvalue weighted by Gasteiger charge is -2.04. The van der Waals surface area contributed by atoms with Crippen LogP contribution in [-0.2, 0) is 0 Å². The zero-order chi connectivity index (χ0) is 17.1. The van der Waals surface area contributed by atoms with Gasteiger partial charge in [0.1, 0.15) is 11.5 Å². The maximum Gasteiger partial charge on any atom is 0.268 e. The molecule has 0 unspecified atom stereocenters. The number of imide groups is 1. The van der Waals surface area contributed by atoms with Gasteiger partial charge in [-0.25, -0.2) is 0 Å². The minimum atomic E-state index is -0.464. The Bertz CT molecular complexity index is 916. The molecule has 1 aromatic heterocycles. The first-order valence-electron chi connectivity index (χ1n) is 7.18. The molecule has 0 radical (unpaired) electrons. The van der Waals surface area contributed by atoms with Crippen LogP contribution in [0.3, 0.4) is 0 Å². The van der Waals surface area contributed by atoms with Gasteiger partial charge in [0, 0.05) is 10.3 Å². The summed E-state index contributed by atoms with van der Waals surface area (Å²) in [6.07, 6.45) is 0. The molecule has 2 amide bonds. The van der Waals surface area contributed by atoms with Crippen LogP contribution in [0.5, 0.6) is 11.5 Å². The summed E-state index contributed by atoms with van der Waals surface area (Å²) in [7, 11) is 3.11. The summed E-state index contributed by atoms with van der Waals surface area (Å²) < 4.78 is 11.2. The van der Waals surface area contributed by atoms with E-state index >= 15 is 0 Å². The molecule has 122 valence electrons. The number of methoxy groups -OCH3 is 2. The van der Waals surface area contributed by atoms with E-state index < -0.39 is 11.8 Å². The van der Waals surface area contributed by atoms with Crippen molar-refractivity contribution in [3.8, 4) is 11.5 Å². The second kappa shape index (κ2) is 6.72. The lowest BCUT2D eigenvalue weighted by atomic mass is 10.2. The second-order valence-corrected chi connectivity index (χ2v) is 6.11. The van der Waals surface area contributed by atoms with E-state index in [2.05, 4.69) is 5.32 Å². The topological polar surface area (TPSA) is 64.6 Å². The minimum absolute atomic E-state index is 0.366. The number of amides is 2. The molecular formula is C18H15NO4S. The van der Waals surface area contributed by atoms with Gasteiger partial charge >= 0.3 is 0 Å². The third-order valence-electron chi connectivity index (χ3n) is 3.51. The van der Waals surface area contributed by atoms with Gasteiger partial charge in [0.05, 0.1) is 19.1 Å². The predicted molar refractivity (Wildman–Crippen MR) is 93.2 cm³/mol. The van der Waals surface area contributed by atoms with E-state index in [9.17, 15) is 9.59 Å². The first kappa shape index (κ1) is 16.0. The number of ether oxygens (including phenoxy) is 2. The molecule has 0 atom stereocenters. The first-order valence-corrected chi connectivity index (χ1v) is 7.99.